The smallest absolute Gasteiger partial charge is 0.257 e. The Morgan fingerprint density at radius 1 is 1.26 bits per heavy atom. The van der Waals surface area contributed by atoms with Gasteiger partial charge in [0.05, 0.1) is 5.56 Å². The molecule has 0 bridgehead atoms. The van der Waals surface area contributed by atoms with E-state index in [-0.39, 0.29) is 17.1 Å². The molecule has 102 valence electrons. The van der Waals surface area contributed by atoms with Crippen LogP contribution in [0.5, 0.6) is 5.75 Å². The molecule has 3 nitrogen and oxygen atoms in total. The van der Waals surface area contributed by atoms with E-state index in [1.165, 1.54) is 5.57 Å². The zero-order chi connectivity index (χ0) is 14.0. The second-order valence-corrected chi connectivity index (χ2v) is 6.00. The van der Waals surface area contributed by atoms with Gasteiger partial charge in [0.1, 0.15) is 5.75 Å². The van der Waals surface area contributed by atoms with E-state index in [2.05, 4.69) is 26.8 Å². The summed E-state index contributed by atoms with van der Waals surface area (Å²) in [5, 5.41) is 9.73. The van der Waals surface area contributed by atoms with Crippen LogP contribution in [-0.2, 0) is 0 Å². The fraction of sp³-hybridized carbons (Fsp3) is 0.438. The van der Waals surface area contributed by atoms with Crippen molar-refractivity contribution in [3.63, 3.8) is 0 Å². The molecular weight excluding hydrogens is 238 g/mol. The van der Waals surface area contributed by atoms with E-state index in [1.807, 2.05) is 0 Å². The van der Waals surface area contributed by atoms with Gasteiger partial charge in [-0.1, -0.05) is 44.6 Å². The van der Waals surface area contributed by atoms with Crippen LogP contribution in [0.4, 0.5) is 0 Å². The van der Waals surface area contributed by atoms with Gasteiger partial charge in [-0.05, 0) is 24.0 Å². The third kappa shape index (κ3) is 2.98. The molecule has 0 radical (unpaired) electrons. The van der Waals surface area contributed by atoms with Crippen LogP contribution in [0.25, 0.3) is 0 Å². The first kappa shape index (κ1) is 13.7. The molecule has 1 aliphatic heterocycles. The lowest BCUT2D eigenvalue weighted by Crippen LogP contribution is -2.36. The Morgan fingerprint density at radius 2 is 1.95 bits per heavy atom. The molecule has 0 saturated carbocycles. The summed E-state index contributed by atoms with van der Waals surface area (Å²) in [6.07, 6.45) is 3.05. The highest BCUT2D eigenvalue weighted by Crippen LogP contribution is 2.30. The fourth-order valence-electron chi connectivity index (χ4n) is 2.36. The molecule has 19 heavy (non-hydrogen) atoms. The Hall–Kier alpha value is -1.77. The average molecular weight is 259 g/mol. The molecule has 1 aromatic carbocycles. The van der Waals surface area contributed by atoms with E-state index in [4.69, 9.17) is 0 Å². The number of benzene rings is 1. The zero-order valence-electron chi connectivity index (χ0n) is 11.8. The lowest BCUT2D eigenvalue weighted by Gasteiger charge is -2.32. The third-order valence-corrected chi connectivity index (χ3v) is 3.59. The number of phenols is 1. The predicted octanol–water partition coefficient (Wildman–Crippen LogP) is 3.21. The largest absolute Gasteiger partial charge is 0.507 e. The number of nitrogens with zero attached hydrogens (tertiary/aromatic N) is 1. The molecule has 1 heterocycles. The van der Waals surface area contributed by atoms with Crippen molar-refractivity contribution in [1.82, 2.24) is 4.90 Å². The summed E-state index contributed by atoms with van der Waals surface area (Å²) in [4.78, 5) is 14.1. The topological polar surface area (TPSA) is 40.5 Å². The van der Waals surface area contributed by atoms with Crippen LogP contribution in [0.3, 0.4) is 0 Å². The summed E-state index contributed by atoms with van der Waals surface area (Å²) in [6.45, 7) is 7.92. The van der Waals surface area contributed by atoms with Gasteiger partial charge in [-0.3, -0.25) is 4.79 Å². The minimum absolute atomic E-state index is 0.0538. The first-order valence-corrected chi connectivity index (χ1v) is 6.66. The maximum atomic E-state index is 12.3. The van der Waals surface area contributed by atoms with Gasteiger partial charge in [-0.2, -0.15) is 0 Å². The highest BCUT2D eigenvalue weighted by atomic mass is 16.3. The fourth-order valence-corrected chi connectivity index (χ4v) is 2.36. The SMILES string of the molecule is CC(C)(C)C1=CCN(C(=O)c2ccccc2O)CC1. The summed E-state index contributed by atoms with van der Waals surface area (Å²) < 4.78 is 0. The Balaban J connectivity index is 2.13. The minimum Gasteiger partial charge on any atom is -0.507 e. The van der Waals surface area contributed by atoms with E-state index >= 15 is 0 Å². The number of phenolic OH excluding ortho intramolecular Hbond substituents is 1. The summed E-state index contributed by atoms with van der Waals surface area (Å²) in [5.41, 5.74) is 1.95. The molecule has 0 atom stereocenters. The lowest BCUT2D eigenvalue weighted by molar-refractivity contribution is 0.0762. The van der Waals surface area contributed by atoms with Crippen LogP contribution >= 0.6 is 0 Å². The van der Waals surface area contributed by atoms with Crippen molar-refractivity contribution in [2.75, 3.05) is 13.1 Å². The minimum atomic E-state index is -0.0951. The van der Waals surface area contributed by atoms with Crippen LogP contribution in [0, 0.1) is 5.41 Å². The van der Waals surface area contributed by atoms with Crippen molar-refractivity contribution in [2.45, 2.75) is 27.2 Å². The monoisotopic (exact) mass is 259 g/mol. The predicted molar refractivity (Wildman–Crippen MR) is 76.2 cm³/mol. The number of para-hydroxylation sites is 1. The number of carbonyl (C=O) groups is 1. The van der Waals surface area contributed by atoms with E-state index in [1.54, 1.807) is 29.2 Å². The molecule has 0 aromatic heterocycles. The standard InChI is InChI=1S/C16H21NO2/c1-16(2,3)12-8-10-17(11-9-12)15(19)13-6-4-5-7-14(13)18/h4-8,18H,9-11H2,1-3H3. The molecule has 1 aliphatic rings. The first-order chi connectivity index (χ1) is 8.89. The number of carbonyl (C=O) groups excluding carboxylic acids is 1. The van der Waals surface area contributed by atoms with Crippen molar-refractivity contribution < 1.29 is 9.90 Å². The van der Waals surface area contributed by atoms with Gasteiger partial charge in [-0.25, -0.2) is 0 Å². The second-order valence-electron chi connectivity index (χ2n) is 6.00. The van der Waals surface area contributed by atoms with Crippen LogP contribution < -0.4 is 0 Å². The van der Waals surface area contributed by atoms with Crippen molar-refractivity contribution >= 4 is 5.91 Å². The highest BCUT2D eigenvalue weighted by Gasteiger charge is 2.25. The Morgan fingerprint density at radius 3 is 2.47 bits per heavy atom. The van der Waals surface area contributed by atoms with Crippen molar-refractivity contribution in [3.8, 4) is 5.75 Å². The molecule has 0 aliphatic carbocycles. The quantitative estimate of drug-likeness (QED) is 0.787. The first-order valence-electron chi connectivity index (χ1n) is 6.66. The zero-order valence-corrected chi connectivity index (χ0v) is 11.8. The van der Waals surface area contributed by atoms with Crippen LogP contribution in [0.1, 0.15) is 37.6 Å². The van der Waals surface area contributed by atoms with Gasteiger partial charge in [0.2, 0.25) is 0 Å². The summed E-state index contributed by atoms with van der Waals surface area (Å²) in [5.74, 6) is -0.0413. The molecule has 0 fully saturated rings. The van der Waals surface area contributed by atoms with Crippen molar-refractivity contribution in [1.29, 1.82) is 0 Å². The Kier molecular flexibility index (Phi) is 3.65. The van der Waals surface area contributed by atoms with Gasteiger partial charge in [-0.15, -0.1) is 0 Å². The lowest BCUT2D eigenvalue weighted by atomic mass is 9.83. The number of hydrogen-bond donors (Lipinski definition) is 1. The number of rotatable bonds is 1. The number of amides is 1. The maximum Gasteiger partial charge on any atom is 0.257 e. The molecule has 3 heteroatoms. The highest BCUT2D eigenvalue weighted by molar-refractivity contribution is 5.97. The average Bonchev–Trinajstić information content (AvgIpc) is 2.38. The number of hydrogen-bond acceptors (Lipinski definition) is 2. The molecule has 0 spiro atoms. The van der Waals surface area contributed by atoms with Gasteiger partial charge in [0, 0.05) is 13.1 Å². The molecule has 1 N–H and O–H groups in total. The normalized spacial score (nSPS) is 16.2. The van der Waals surface area contributed by atoms with E-state index in [9.17, 15) is 9.90 Å². The third-order valence-electron chi connectivity index (χ3n) is 3.59. The number of aromatic hydroxyl groups is 1. The van der Waals surface area contributed by atoms with Gasteiger partial charge in [0.25, 0.3) is 5.91 Å². The van der Waals surface area contributed by atoms with Gasteiger partial charge >= 0.3 is 0 Å². The van der Waals surface area contributed by atoms with Gasteiger partial charge < -0.3 is 10.0 Å². The second kappa shape index (κ2) is 5.08. The van der Waals surface area contributed by atoms with Crippen LogP contribution in [0.2, 0.25) is 0 Å². The van der Waals surface area contributed by atoms with E-state index in [0.717, 1.165) is 13.0 Å². The van der Waals surface area contributed by atoms with Crippen molar-refractivity contribution in [3.05, 3.63) is 41.5 Å². The summed E-state index contributed by atoms with van der Waals surface area (Å²) in [7, 11) is 0. The summed E-state index contributed by atoms with van der Waals surface area (Å²) in [6, 6.07) is 6.71. The Bertz CT molecular complexity index is 512. The molecule has 2 rings (SSSR count). The molecule has 1 aromatic rings. The molecule has 1 amide bonds. The van der Waals surface area contributed by atoms with Crippen molar-refractivity contribution in [2.24, 2.45) is 5.41 Å². The van der Waals surface area contributed by atoms with Crippen LogP contribution in [-0.4, -0.2) is 29.0 Å². The maximum absolute atomic E-state index is 12.3. The van der Waals surface area contributed by atoms with E-state index in [0.29, 0.717) is 12.1 Å². The Labute approximate surface area is 114 Å². The summed E-state index contributed by atoms with van der Waals surface area (Å²) >= 11 is 0. The van der Waals surface area contributed by atoms with Crippen LogP contribution in [0.15, 0.2) is 35.9 Å². The van der Waals surface area contributed by atoms with E-state index < -0.39 is 0 Å². The van der Waals surface area contributed by atoms with Gasteiger partial charge in [0.15, 0.2) is 0 Å². The molecule has 0 saturated heterocycles. The molecule has 0 unspecified atom stereocenters. The molecular formula is C16H21NO2.